The van der Waals surface area contributed by atoms with Crippen molar-refractivity contribution < 1.29 is 110 Å². The number of hydrogen-bond acceptors (Lipinski definition) is 5. The van der Waals surface area contributed by atoms with Gasteiger partial charge in [-0.25, -0.2) is 0 Å². The third-order valence-corrected chi connectivity index (χ3v) is 0. The van der Waals surface area contributed by atoms with E-state index in [0.717, 1.165) is 0 Å². The van der Waals surface area contributed by atoms with E-state index in [1.165, 1.54) is 0 Å². The Labute approximate surface area is 113 Å². The van der Waals surface area contributed by atoms with E-state index in [2.05, 4.69) is 0 Å². The zero-order valence-corrected chi connectivity index (χ0v) is 13.8. The summed E-state index contributed by atoms with van der Waals surface area (Å²) in [7, 11) is 0. The van der Waals surface area contributed by atoms with E-state index in [1.807, 2.05) is 0 Å². The summed E-state index contributed by atoms with van der Waals surface area (Å²) in [5.74, 6) is 0. The van der Waals surface area contributed by atoms with Crippen molar-refractivity contribution >= 4 is 4.56 Å². The van der Waals surface area contributed by atoms with Gasteiger partial charge in [-0.05, 0) is 0 Å². The molecule has 0 bridgehead atoms. The molecular weight excluding hydrogens is 378 g/mol. The quantitative estimate of drug-likeness (QED) is 0.331. The first-order valence-electron chi connectivity index (χ1n) is 1.40. The predicted octanol–water partition coefficient (Wildman–Crippen LogP) is -7.33. The van der Waals surface area contributed by atoms with Crippen molar-refractivity contribution in [1.82, 2.24) is 0 Å². The molecule has 0 aromatic rings. The summed E-state index contributed by atoms with van der Waals surface area (Å²) in [5.41, 5.74) is 0. The first-order valence-corrected chi connectivity index (χ1v) is 4.81. The molecule has 0 aliphatic carbocycles. The van der Waals surface area contributed by atoms with E-state index in [-0.39, 0.29) is 53.5 Å². The van der Waals surface area contributed by atoms with Gasteiger partial charge >= 0.3 is 91.0 Å². The average Bonchev–Trinajstić information content (AvgIpc) is 1.19. The zero-order valence-electron chi connectivity index (χ0n) is 5.45. The van der Waals surface area contributed by atoms with Crippen LogP contribution in [-0.2, 0) is 42.8 Å². The summed E-state index contributed by atoms with van der Waals surface area (Å²) in [5, 5.41) is 7.47. The molecule has 0 heterocycles. The second-order valence-electron chi connectivity index (χ2n) is 0.772. The van der Waals surface area contributed by atoms with E-state index >= 15 is 0 Å². The Kier molecular flexibility index (Phi) is 24.4. The van der Waals surface area contributed by atoms with Gasteiger partial charge in [-0.1, -0.05) is 0 Å². The van der Waals surface area contributed by atoms with Crippen LogP contribution in [0.25, 0.3) is 0 Å². The molecule has 0 rings (SSSR count). The van der Waals surface area contributed by atoms with Gasteiger partial charge in [0.25, 0.3) is 0 Å². The van der Waals surface area contributed by atoms with Gasteiger partial charge in [0.05, 0.1) is 0 Å². The zero-order chi connectivity index (χ0) is 8.08. The number of hydrogen-bond donors (Lipinski definition) is 1. The van der Waals surface area contributed by atoms with Gasteiger partial charge in [-0.2, -0.15) is 0 Å². The van der Waals surface area contributed by atoms with Crippen molar-refractivity contribution in [2.75, 3.05) is 0 Å². The Morgan fingerprint density at radius 3 is 1.36 bits per heavy atom. The normalized spacial score (nSPS) is 7.55. The van der Waals surface area contributed by atoms with Gasteiger partial charge < -0.3 is 24.0 Å². The van der Waals surface area contributed by atoms with Gasteiger partial charge in [0.1, 0.15) is 0 Å². The van der Waals surface area contributed by atoms with Crippen LogP contribution in [0.2, 0.25) is 0 Å². The molecule has 0 aromatic carbocycles. The van der Waals surface area contributed by atoms with Crippen LogP contribution in [0.3, 0.4) is 0 Å². The summed E-state index contributed by atoms with van der Waals surface area (Å²) < 4.78 is 33.6. The van der Waals surface area contributed by atoms with Gasteiger partial charge in [-0.3, -0.25) is 0 Å². The number of rotatable bonds is 0. The van der Waals surface area contributed by atoms with E-state index in [1.54, 1.807) is 0 Å². The number of carbonyl (C=O) groups is 1. The second-order valence-corrected chi connectivity index (χ2v) is 3.22. The SMILES string of the molecule is O=[C](O)[Zn+].[I-].[Na+].[O]=[Mn](=[O])(=[O])[O-]. The Morgan fingerprint density at radius 2 is 1.36 bits per heavy atom. The van der Waals surface area contributed by atoms with Crippen molar-refractivity contribution in [2.45, 2.75) is 0 Å². The van der Waals surface area contributed by atoms with Crippen LogP contribution < -0.4 is 57.7 Å². The molecule has 6 nitrogen and oxygen atoms in total. The van der Waals surface area contributed by atoms with Gasteiger partial charge in [0.15, 0.2) is 0 Å². The summed E-state index contributed by atoms with van der Waals surface area (Å²) in [6.07, 6.45) is 0. The molecule has 10 heteroatoms. The number of carboxylic acid groups (broad SMARTS) is 1. The predicted molar refractivity (Wildman–Crippen MR) is 10.1 cm³/mol. The van der Waals surface area contributed by atoms with E-state index in [4.69, 9.17) is 25.6 Å². The van der Waals surface area contributed by atoms with Crippen molar-refractivity contribution in [2.24, 2.45) is 0 Å². The van der Waals surface area contributed by atoms with Gasteiger partial charge in [0.2, 0.25) is 0 Å². The molecule has 0 fully saturated rings. The fourth-order valence-corrected chi connectivity index (χ4v) is 0. The molecule has 11 heavy (non-hydrogen) atoms. The van der Waals surface area contributed by atoms with Crippen molar-refractivity contribution in [1.29, 1.82) is 0 Å². The van der Waals surface area contributed by atoms with Crippen molar-refractivity contribution in [3.05, 3.63) is 0 Å². The van der Waals surface area contributed by atoms with E-state index in [9.17, 15) is 0 Å². The molecule has 0 aliphatic rings. The van der Waals surface area contributed by atoms with E-state index in [0.29, 0.717) is 18.3 Å². The van der Waals surface area contributed by atoms with Crippen LogP contribution in [0.4, 0.5) is 4.79 Å². The molecule has 0 aromatic heterocycles. The molecule has 0 spiro atoms. The third-order valence-electron chi connectivity index (χ3n) is 0. The summed E-state index contributed by atoms with van der Waals surface area (Å²) in [4.78, 5) is 9.06. The Hall–Kier alpha value is 1.70. The Bertz CT molecular complexity index is 208. The van der Waals surface area contributed by atoms with Gasteiger partial charge in [0, 0.05) is 0 Å². The van der Waals surface area contributed by atoms with Crippen LogP contribution >= 0.6 is 0 Å². The topological polar surface area (TPSA) is 112 Å². The molecular formula is CHIMnNaO6Zn. The van der Waals surface area contributed by atoms with Crippen LogP contribution in [-0.4, -0.2) is 9.67 Å². The molecule has 0 aliphatic heterocycles. The summed E-state index contributed by atoms with van der Waals surface area (Å²) in [6, 6.07) is 0. The molecule has 0 saturated heterocycles. The molecule has 0 radical (unpaired) electrons. The van der Waals surface area contributed by atoms with Crippen LogP contribution in [0.1, 0.15) is 0 Å². The minimum absolute atomic E-state index is 0. The molecule has 0 atom stereocenters. The minimum atomic E-state index is -5.62. The number of halogens is 1. The van der Waals surface area contributed by atoms with E-state index < -0.39 is 17.5 Å². The Balaban J connectivity index is -0.0000000383. The molecule has 0 unspecified atom stereocenters. The standard InChI is InChI=1S/CHO2.HI.Mn.Na.4O.Zn/c2-1-3;;;;;;;;/h(H,2,3);1H;;;;;;;/q;;;+1;;;;-1;+1/p-1. The maximum absolute atomic E-state index is 9.06. The van der Waals surface area contributed by atoms with Crippen molar-refractivity contribution in [3.8, 4) is 0 Å². The first-order chi connectivity index (χ1) is 3.73. The first kappa shape index (κ1) is 23.0. The molecule has 0 amide bonds. The molecule has 1 N–H and O–H groups in total. The van der Waals surface area contributed by atoms with Crippen molar-refractivity contribution in [3.63, 3.8) is 0 Å². The van der Waals surface area contributed by atoms with Crippen LogP contribution in [0.15, 0.2) is 0 Å². The second kappa shape index (κ2) is 11.7. The monoisotopic (exact) mass is 378 g/mol. The fraction of sp³-hybridized carbons (Fsp3) is 0. The van der Waals surface area contributed by atoms with Gasteiger partial charge in [-0.15, -0.1) is 0 Å². The average molecular weight is 379 g/mol. The molecule has 58 valence electrons. The van der Waals surface area contributed by atoms with Crippen LogP contribution in [0, 0.1) is 0 Å². The summed E-state index contributed by atoms with van der Waals surface area (Å²) >= 11 is -5.28. The summed E-state index contributed by atoms with van der Waals surface area (Å²) in [6.45, 7) is 0. The third kappa shape index (κ3) is 380. The van der Waals surface area contributed by atoms with Crippen LogP contribution in [0.5, 0.6) is 0 Å². The Morgan fingerprint density at radius 1 is 1.36 bits per heavy atom. The fourth-order valence-electron chi connectivity index (χ4n) is 0. The maximum atomic E-state index is 9.06. The molecule has 0 saturated carbocycles.